The van der Waals surface area contributed by atoms with Crippen LogP contribution in [-0.4, -0.2) is 89.9 Å². The van der Waals surface area contributed by atoms with Crippen LogP contribution in [0.3, 0.4) is 0 Å². The van der Waals surface area contributed by atoms with Crippen molar-refractivity contribution in [1.29, 1.82) is 0 Å². The van der Waals surface area contributed by atoms with Crippen LogP contribution >= 0.6 is 0 Å². The Morgan fingerprint density at radius 3 is 2.15 bits per heavy atom. The van der Waals surface area contributed by atoms with Gasteiger partial charge in [0.15, 0.2) is 0 Å². The van der Waals surface area contributed by atoms with Gasteiger partial charge in [-0.3, -0.25) is 14.8 Å². The predicted octanol–water partition coefficient (Wildman–Crippen LogP) is 1.88. The molecule has 0 amide bonds. The Balaban J connectivity index is 1.10. The maximum atomic E-state index is 13.1. The third-order valence-corrected chi connectivity index (χ3v) is 9.51. The van der Waals surface area contributed by atoms with Crippen LogP contribution in [0.15, 0.2) is 78.1 Å². The fourth-order valence-electron chi connectivity index (χ4n) is 5.82. The summed E-state index contributed by atoms with van der Waals surface area (Å²) in [5.41, 5.74) is 15.5. The van der Waals surface area contributed by atoms with Crippen LogP contribution in [0.25, 0.3) is 10.9 Å². The van der Waals surface area contributed by atoms with E-state index in [9.17, 15) is 8.42 Å². The number of nitrogens with zero attached hydrogens (tertiary/aromatic N) is 8. The highest BCUT2D eigenvalue weighted by Gasteiger charge is 2.27. The summed E-state index contributed by atoms with van der Waals surface area (Å²) in [7, 11) is -3.83. The second-order valence-corrected chi connectivity index (χ2v) is 13.2. The molecule has 238 valence electrons. The number of hydrogen-bond donors (Lipinski definition) is 5. The summed E-state index contributed by atoms with van der Waals surface area (Å²) in [6, 6.07) is 15.4. The number of benzene rings is 2. The Labute approximate surface area is 266 Å². The molecule has 2 atom stereocenters. The van der Waals surface area contributed by atoms with Gasteiger partial charge in [-0.05, 0) is 61.0 Å². The first-order chi connectivity index (χ1) is 22.3. The zero-order valence-corrected chi connectivity index (χ0v) is 25.8. The molecule has 0 radical (unpaired) electrons. The highest BCUT2D eigenvalue weighted by molar-refractivity contribution is 7.92. The van der Waals surface area contributed by atoms with Crippen molar-refractivity contribution in [3.05, 3.63) is 73.2 Å². The molecule has 2 saturated heterocycles. The van der Waals surface area contributed by atoms with Gasteiger partial charge in [-0.1, -0.05) is 0 Å². The van der Waals surface area contributed by atoms with E-state index in [-0.39, 0.29) is 17.0 Å². The number of aromatic nitrogens is 6. The number of anilines is 6. The summed E-state index contributed by atoms with van der Waals surface area (Å²) < 4.78 is 28.9. The molecule has 2 aliphatic heterocycles. The smallest absolute Gasteiger partial charge is 0.261 e. The van der Waals surface area contributed by atoms with Crippen molar-refractivity contribution in [3.63, 3.8) is 0 Å². The molecular weight excluding hydrogens is 606 g/mol. The van der Waals surface area contributed by atoms with Crippen molar-refractivity contribution < 1.29 is 8.42 Å². The summed E-state index contributed by atoms with van der Waals surface area (Å²) in [5.74, 6) is 1.38. The largest absolute Gasteiger partial charge is 0.368 e. The van der Waals surface area contributed by atoms with Crippen molar-refractivity contribution >= 4 is 55.8 Å². The van der Waals surface area contributed by atoms with E-state index < -0.39 is 10.0 Å². The molecule has 5 aromatic rings. The van der Waals surface area contributed by atoms with Gasteiger partial charge in [0.2, 0.25) is 17.8 Å². The fourth-order valence-corrected chi connectivity index (χ4v) is 6.86. The lowest BCUT2D eigenvalue weighted by atomic mass is 10.0. The molecule has 0 unspecified atom stereocenters. The molecule has 15 nitrogen and oxygen atoms in total. The Hall–Kier alpha value is -5.06. The van der Waals surface area contributed by atoms with Crippen molar-refractivity contribution in [2.24, 2.45) is 11.5 Å². The van der Waals surface area contributed by atoms with Gasteiger partial charge in [-0.15, -0.1) is 0 Å². The zero-order chi connectivity index (χ0) is 31.7. The second kappa shape index (κ2) is 12.4. The van der Waals surface area contributed by atoms with Gasteiger partial charge in [0.25, 0.3) is 10.0 Å². The van der Waals surface area contributed by atoms with Crippen LogP contribution in [-0.2, 0) is 10.0 Å². The normalized spacial score (nSPS) is 19.0. The van der Waals surface area contributed by atoms with Gasteiger partial charge in [0, 0.05) is 80.5 Å². The number of pyridine rings is 1. The van der Waals surface area contributed by atoms with Gasteiger partial charge in [-0.2, -0.15) is 20.1 Å². The molecule has 46 heavy (non-hydrogen) atoms. The molecule has 2 aliphatic rings. The first kappa shape index (κ1) is 29.6. The number of piperazine rings is 1. The maximum absolute atomic E-state index is 13.1. The molecule has 16 heteroatoms. The minimum Gasteiger partial charge on any atom is -0.368 e. The summed E-state index contributed by atoms with van der Waals surface area (Å²) in [4.78, 5) is 25.0. The minimum absolute atomic E-state index is 0.0891. The van der Waals surface area contributed by atoms with Crippen molar-refractivity contribution in [1.82, 2.24) is 30.1 Å². The standard InChI is InChI=1S/C30H35N13O2S/c31-21-15-22(32)19-43(18-21)30-37-28(36-29(38-30)42-13-11-41(12-14-42)25-7-9-33-10-8-25)35-23-3-5-26(6-4-23)46(44,45)40-24-2-1-20-17-34-39-27(20)16-24/h1-10,16-17,21-22,40H,11-15,18-19,31-32H2,(H,34,39)(H,35,36,37,38)/t21-,22+. The Morgan fingerprint density at radius 2 is 1.43 bits per heavy atom. The Bertz CT molecular complexity index is 1900. The molecule has 5 heterocycles. The van der Waals surface area contributed by atoms with Gasteiger partial charge in [0.05, 0.1) is 22.3 Å². The molecule has 3 aromatic heterocycles. The Kier molecular flexibility index (Phi) is 7.98. The second-order valence-electron chi connectivity index (χ2n) is 11.5. The lowest BCUT2D eigenvalue weighted by Crippen LogP contribution is -2.53. The van der Waals surface area contributed by atoms with E-state index in [4.69, 9.17) is 26.4 Å². The van der Waals surface area contributed by atoms with Gasteiger partial charge < -0.3 is 31.5 Å². The SMILES string of the molecule is N[C@@H]1C[C@H](N)CN(c2nc(Nc3ccc(S(=O)(=O)Nc4ccc5cn[nH]c5c4)cc3)nc(N3CCN(c4ccncc4)CC3)n2)C1. The predicted molar refractivity (Wildman–Crippen MR) is 178 cm³/mol. The number of fused-ring (bicyclic) bond motifs is 1. The van der Waals surface area contributed by atoms with Crippen molar-refractivity contribution in [2.75, 3.05) is 64.0 Å². The minimum atomic E-state index is -3.83. The number of nitrogens with two attached hydrogens (primary N) is 2. The number of H-pyrrole nitrogens is 1. The summed E-state index contributed by atoms with van der Waals surface area (Å²) in [5, 5.41) is 11.0. The molecular formula is C30H35N13O2S. The lowest BCUT2D eigenvalue weighted by molar-refractivity contribution is 0.447. The average Bonchev–Trinajstić information content (AvgIpc) is 3.53. The van der Waals surface area contributed by atoms with Crippen molar-refractivity contribution in [2.45, 2.75) is 23.4 Å². The number of nitrogens with one attached hydrogen (secondary N) is 3. The van der Waals surface area contributed by atoms with Crippen LogP contribution in [0, 0.1) is 0 Å². The molecule has 7 N–H and O–H groups in total. The molecule has 0 spiro atoms. The van der Waals surface area contributed by atoms with E-state index in [0.717, 1.165) is 49.2 Å². The van der Waals surface area contributed by atoms with Gasteiger partial charge in [-0.25, -0.2) is 8.42 Å². The summed E-state index contributed by atoms with van der Waals surface area (Å²) in [6.45, 7) is 4.20. The molecule has 0 bridgehead atoms. The van der Waals surface area contributed by atoms with Crippen LogP contribution in [0.5, 0.6) is 0 Å². The molecule has 7 rings (SSSR count). The first-order valence-electron chi connectivity index (χ1n) is 15.0. The van der Waals surface area contributed by atoms with Gasteiger partial charge >= 0.3 is 0 Å². The van der Waals surface area contributed by atoms with E-state index in [0.29, 0.717) is 42.3 Å². The van der Waals surface area contributed by atoms with E-state index in [2.05, 4.69) is 35.0 Å². The summed E-state index contributed by atoms with van der Waals surface area (Å²) in [6.07, 6.45) is 6.01. The van der Waals surface area contributed by atoms with Crippen LogP contribution in [0.4, 0.5) is 34.9 Å². The fraction of sp³-hybridized carbons (Fsp3) is 0.300. The lowest BCUT2D eigenvalue weighted by Gasteiger charge is -2.37. The van der Waals surface area contributed by atoms with Crippen LogP contribution < -0.4 is 36.2 Å². The monoisotopic (exact) mass is 641 g/mol. The van der Waals surface area contributed by atoms with Gasteiger partial charge in [0.1, 0.15) is 0 Å². The highest BCUT2D eigenvalue weighted by atomic mass is 32.2. The molecule has 2 fully saturated rings. The van der Waals surface area contributed by atoms with E-state index >= 15 is 0 Å². The summed E-state index contributed by atoms with van der Waals surface area (Å²) >= 11 is 0. The zero-order valence-electron chi connectivity index (χ0n) is 25.0. The topological polar surface area (TPSA) is 200 Å². The number of rotatable bonds is 8. The van der Waals surface area contributed by atoms with Crippen LogP contribution in [0.1, 0.15) is 6.42 Å². The highest BCUT2D eigenvalue weighted by Crippen LogP contribution is 2.26. The number of sulfonamides is 1. The number of hydrogen-bond acceptors (Lipinski definition) is 13. The Morgan fingerprint density at radius 1 is 0.783 bits per heavy atom. The van der Waals surface area contributed by atoms with E-state index in [1.165, 1.54) is 12.1 Å². The van der Waals surface area contributed by atoms with E-state index in [1.807, 2.05) is 17.0 Å². The van der Waals surface area contributed by atoms with Crippen molar-refractivity contribution in [3.8, 4) is 0 Å². The molecule has 0 saturated carbocycles. The molecule has 2 aromatic carbocycles. The quantitative estimate of drug-likeness (QED) is 0.165. The van der Waals surface area contributed by atoms with Crippen LogP contribution in [0.2, 0.25) is 0 Å². The van der Waals surface area contributed by atoms with E-state index in [1.54, 1.807) is 48.9 Å². The molecule has 0 aliphatic carbocycles. The first-order valence-corrected chi connectivity index (χ1v) is 16.5. The average molecular weight is 642 g/mol. The third-order valence-electron chi connectivity index (χ3n) is 8.12. The number of aromatic amines is 1. The number of piperidine rings is 1. The third kappa shape index (κ3) is 6.49. The maximum Gasteiger partial charge on any atom is 0.261 e.